The van der Waals surface area contributed by atoms with Gasteiger partial charge in [-0.05, 0) is 6.42 Å². The molecule has 0 fully saturated rings. The predicted molar refractivity (Wildman–Crippen MR) is 57.5 cm³/mol. The van der Waals surface area contributed by atoms with Crippen LogP contribution in [0, 0.1) is 10.8 Å². The molecule has 5 heteroatoms. The van der Waals surface area contributed by atoms with Crippen molar-refractivity contribution in [3.05, 3.63) is 12.5 Å². The van der Waals surface area contributed by atoms with Gasteiger partial charge in [0.2, 0.25) is 0 Å². The van der Waals surface area contributed by atoms with Crippen molar-refractivity contribution in [1.82, 2.24) is 4.98 Å². The Labute approximate surface area is 87.8 Å². The number of nitrogens with two attached hydrogens (primary N) is 1. The van der Waals surface area contributed by atoms with Gasteiger partial charge < -0.3 is 10.2 Å². The molecule has 1 heterocycles. The molecule has 0 spiro atoms. The van der Waals surface area contributed by atoms with Gasteiger partial charge >= 0.3 is 0 Å². The second-order valence-corrected chi connectivity index (χ2v) is 4.74. The number of hydrogen-bond donors (Lipinski definition) is 2. The van der Waals surface area contributed by atoms with E-state index in [1.165, 1.54) is 0 Å². The maximum absolute atomic E-state index is 7.38. The molecular formula is C9H15N3OS. The van der Waals surface area contributed by atoms with Crippen LogP contribution in [0.5, 0.6) is 0 Å². The van der Waals surface area contributed by atoms with E-state index in [4.69, 9.17) is 15.6 Å². The molecule has 0 aliphatic rings. The Kier molecular flexibility index (Phi) is 3.57. The molecule has 78 valence electrons. The van der Waals surface area contributed by atoms with Gasteiger partial charge in [-0.1, -0.05) is 25.6 Å². The SMILES string of the molecule is CC(C)(CCSc1ncco1)C(=N)N. The molecule has 0 saturated carbocycles. The number of rotatable bonds is 5. The maximum Gasteiger partial charge on any atom is 0.255 e. The average Bonchev–Trinajstić information content (AvgIpc) is 2.56. The predicted octanol–water partition coefficient (Wildman–Crippen LogP) is 2.12. The molecule has 3 N–H and O–H groups in total. The van der Waals surface area contributed by atoms with Gasteiger partial charge in [0, 0.05) is 11.2 Å². The zero-order chi connectivity index (χ0) is 10.6. The molecule has 0 radical (unpaired) electrons. The molecule has 0 aromatic carbocycles. The molecule has 0 bridgehead atoms. The normalized spacial score (nSPS) is 11.6. The fourth-order valence-electron chi connectivity index (χ4n) is 0.810. The van der Waals surface area contributed by atoms with Crippen molar-refractivity contribution in [3.63, 3.8) is 0 Å². The van der Waals surface area contributed by atoms with Gasteiger partial charge in [-0.25, -0.2) is 4.98 Å². The van der Waals surface area contributed by atoms with Crippen LogP contribution in [0.1, 0.15) is 20.3 Å². The number of oxazole rings is 1. The zero-order valence-corrected chi connectivity index (χ0v) is 9.23. The number of thioether (sulfide) groups is 1. The van der Waals surface area contributed by atoms with Crippen LogP contribution < -0.4 is 5.73 Å². The van der Waals surface area contributed by atoms with E-state index in [1.54, 1.807) is 24.2 Å². The van der Waals surface area contributed by atoms with Crippen molar-refractivity contribution >= 4 is 17.6 Å². The first-order valence-corrected chi connectivity index (χ1v) is 5.38. The van der Waals surface area contributed by atoms with E-state index in [0.29, 0.717) is 5.22 Å². The van der Waals surface area contributed by atoms with Gasteiger partial charge in [-0.15, -0.1) is 0 Å². The topological polar surface area (TPSA) is 75.9 Å². The Balaban J connectivity index is 2.31. The molecule has 0 atom stereocenters. The summed E-state index contributed by atoms with van der Waals surface area (Å²) in [7, 11) is 0. The number of nitrogens with zero attached hydrogens (tertiary/aromatic N) is 1. The van der Waals surface area contributed by atoms with Crippen LogP contribution in [0.2, 0.25) is 0 Å². The first kappa shape index (κ1) is 11.1. The Bertz CT molecular complexity index is 295. The van der Waals surface area contributed by atoms with Gasteiger partial charge in [-0.3, -0.25) is 5.41 Å². The highest BCUT2D eigenvalue weighted by Crippen LogP contribution is 2.25. The van der Waals surface area contributed by atoms with E-state index in [-0.39, 0.29) is 11.3 Å². The minimum Gasteiger partial charge on any atom is -0.440 e. The molecule has 0 amide bonds. The highest BCUT2D eigenvalue weighted by Gasteiger charge is 2.21. The monoisotopic (exact) mass is 213 g/mol. The summed E-state index contributed by atoms with van der Waals surface area (Å²) in [4.78, 5) is 3.99. The summed E-state index contributed by atoms with van der Waals surface area (Å²) < 4.78 is 5.08. The molecule has 0 saturated heterocycles. The molecular weight excluding hydrogens is 198 g/mol. The molecule has 4 nitrogen and oxygen atoms in total. The Hall–Kier alpha value is -0.970. The van der Waals surface area contributed by atoms with Crippen molar-refractivity contribution in [1.29, 1.82) is 5.41 Å². The quantitative estimate of drug-likeness (QED) is 0.446. The van der Waals surface area contributed by atoms with Gasteiger partial charge in [0.1, 0.15) is 6.26 Å². The van der Waals surface area contributed by atoms with Gasteiger partial charge in [0.15, 0.2) is 0 Å². The van der Waals surface area contributed by atoms with Crippen LogP contribution >= 0.6 is 11.8 Å². The molecule has 1 aromatic rings. The van der Waals surface area contributed by atoms with Crippen molar-refractivity contribution in [2.45, 2.75) is 25.5 Å². The lowest BCUT2D eigenvalue weighted by Gasteiger charge is -2.21. The van der Waals surface area contributed by atoms with Crippen LogP contribution in [0.4, 0.5) is 0 Å². The molecule has 1 rings (SSSR count). The Morgan fingerprint density at radius 1 is 1.71 bits per heavy atom. The zero-order valence-electron chi connectivity index (χ0n) is 8.41. The van der Waals surface area contributed by atoms with Gasteiger partial charge in [0.25, 0.3) is 5.22 Å². The number of nitrogens with one attached hydrogen (secondary N) is 1. The first-order valence-electron chi connectivity index (χ1n) is 4.39. The molecule has 0 unspecified atom stereocenters. The van der Waals surface area contributed by atoms with E-state index in [0.717, 1.165) is 12.2 Å². The second kappa shape index (κ2) is 4.50. The summed E-state index contributed by atoms with van der Waals surface area (Å²) in [5.41, 5.74) is 5.23. The van der Waals surface area contributed by atoms with E-state index in [1.807, 2.05) is 13.8 Å². The summed E-state index contributed by atoms with van der Waals surface area (Å²) in [6.07, 6.45) is 4.02. The smallest absolute Gasteiger partial charge is 0.255 e. The van der Waals surface area contributed by atoms with E-state index in [2.05, 4.69) is 4.98 Å². The first-order chi connectivity index (χ1) is 6.52. The van der Waals surface area contributed by atoms with Crippen molar-refractivity contribution in [2.24, 2.45) is 11.1 Å². The third-order valence-corrected chi connectivity index (χ3v) is 2.95. The van der Waals surface area contributed by atoms with Gasteiger partial charge in [-0.2, -0.15) is 0 Å². The minimum atomic E-state index is -0.237. The minimum absolute atomic E-state index is 0.227. The molecule has 1 aromatic heterocycles. The summed E-state index contributed by atoms with van der Waals surface area (Å²) >= 11 is 1.54. The number of hydrogen-bond acceptors (Lipinski definition) is 4. The summed E-state index contributed by atoms with van der Waals surface area (Å²) in [5.74, 6) is 1.08. The van der Waals surface area contributed by atoms with E-state index < -0.39 is 0 Å². The largest absolute Gasteiger partial charge is 0.440 e. The summed E-state index contributed by atoms with van der Waals surface area (Å²) in [5, 5.41) is 8.05. The second-order valence-electron chi connectivity index (χ2n) is 3.69. The van der Waals surface area contributed by atoms with Crippen molar-refractivity contribution < 1.29 is 4.42 Å². The number of amidine groups is 1. The summed E-state index contributed by atoms with van der Waals surface area (Å²) in [6, 6.07) is 0. The van der Waals surface area contributed by atoms with Crippen molar-refractivity contribution in [3.8, 4) is 0 Å². The van der Waals surface area contributed by atoms with Crippen molar-refractivity contribution in [2.75, 3.05) is 5.75 Å². The Morgan fingerprint density at radius 2 is 2.43 bits per heavy atom. The van der Waals surface area contributed by atoms with Crippen LogP contribution in [0.3, 0.4) is 0 Å². The molecule has 0 aliphatic carbocycles. The third kappa shape index (κ3) is 3.06. The maximum atomic E-state index is 7.38. The third-order valence-electron chi connectivity index (χ3n) is 2.09. The lowest BCUT2D eigenvalue weighted by molar-refractivity contribution is 0.451. The fraction of sp³-hybridized carbons (Fsp3) is 0.556. The van der Waals surface area contributed by atoms with Gasteiger partial charge in [0.05, 0.1) is 12.0 Å². The highest BCUT2D eigenvalue weighted by atomic mass is 32.2. The highest BCUT2D eigenvalue weighted by molar-refractivity contribution is 7.99. The fourth-order valence-corrected chi connectivity index (χ4v) is 1.86. The van der Waals surface area contributed by atoms with Crippen LogP contribution in [0.15, 0.2) is 22.1 Å². The Morgan fingerprint density at radius 3 is 2.93 bits per heavy atom. The standard InChI is InChI=1S/C9H15N3OS/c1-9(2,7(10)11)3-6-14-8-12-4-5-13-8/h4-5H,3,6H2,1-2H3,(H3,10,11). The summed E-state index contributed by atoms with van der Waals surface area (Å²) in [6.45, 7) is 3.93. The lowest BCUT2D eigenvalue weighted by atomic mass is 9.89. The van der Waals surface area contributed by atoms with Crippen LogP contribution in [-0.4, -0.2) is 16.6 Å². The molecule has 14 heavy (non-hydrogen) atoms. The lowest BCUT2D eigenvalue weighted by Crippen LogP contribution is -2.31. The molecule has 0 aliphatic heterocycles. The van der Waals surface area contributed by atoms with E-state index >= 15 is 0 Å². The van der Waals surface area contributed by atoms with E-state index in [9.17, 15) is 0 Å². The van der Waals surface area contributed by atoms with Crippen LogP contribution in [-0.2, 0) is 0 Å². The average molecular weight is 213 g/mol. The van der Waals surface area contributed by atoms with Crippen LogP contribution in [0.25, 0.3) is 0 Å². The number of aromatic nitrogens is 1.